The van der Waals surface area contributed by atoms with E-state index >= 15 is 0 Å². The van der Waals surface area contributed by atoms with Gasteiger partial charge in [-0.25, -0.2) is 0 Å². The lowest BCUT2D eigenvalue weighted by Gasteiger charge is -2.03. The minimum Gasteiger partial charge on any atom is -0.298 e. The van der Waals surface area contributed by atoms with Gasteiger partial charge >= 0.3 is 0 Å². The first kappa shape index (κ1) is 7.42. The lowest BCUT2D eigenvalue weighted by atomic mass is 10.1. The maximum atomic E-state index is 5.44. The van der Waals surface area contributed by atoms with Crippen LogP contribution in [0.2, 0.25) is 0 Å². The molecule has 0 aliphatic heterocycles. The summed E-state index contributed by atoms with van der Waals surface area (Å²) < 4.78 is 0. The third-order valence-corrected chi connectivity index (χ3v) is 1.82. The molecule has 2 heteroatoms. The second-order valence-electron chi connectivity index (χ2n) is 2.24. The predicted molar refractivity (Wildman–Crippen MR) is 44.2 cm³/mol. The fourth-order valence-corrected chi connectivity index (χ4v) is 0.992. The zero-order valence-corrected chi connectivity index (χ0v) is 6.79. The molecule has 0 unspecified atom stereocenters. The number of rotatable bonds is 1. The van der Waals surface area contributed by atoms with Crippen LogP contribution in [0.25, 0.3) is 0 Å². The average molecular weight is 155 g/mol. The molecule has 0 heterocycles. The third kappa shape index (κ3) is 1.24. The van der Waals surface area contributed by atoms with Crippen molar-refractivity contribution in [2.75, 3.05) is 4.84 Å². The number of hydrogen-bond donors (Lipinski definition) is 1. The fraction of sp³-hybridized carbons (Fsp3) is 0.250. The molecule has 1 N–H and O–H groups in total. The van der Waals surface area contributed by atoms with Gasteiger partial charge < -0.3 is 0 Å². The minimum atomic E-state index is 0.956. The molecule has 0 aliphatic rings. The monoisotopic (exact) mass is 154 g/mol. The van der Waals surface area contributed by atoms with E-state index in [1.54, 1.807) is 0 Å². The Bertz CT molecular complexity index is 233. The molecule has 0 atom stereocenters. The summed E-state index contributed by atoms with van der Waals surface area (Å²) in [7, 11) is 0. The van der Waals surface area contributed by atoms with E-state index in [2.05, 4.69) is 10.9 Å². The maximum absolute atomic E-state index is 5.44. The van der Waals surface area contributed by atoms with E-state index in [9.17, 15) is 0 Å². The normalized spacial score (nSPS) is 9.50. The molecule has 1 aromatic rings. The summed E-state index contributed by atoms with van der Waals surface area (Å²) >= 11 is 5.44. The standard InChI is InChI=1S/C8H9ClN/c1-6-4-3-5-8(10-9)7(6)2/h3,5,10H,1-2H3. The maximum Gasteiger partial charge on any atom is 0.0523 e. The summed E-state index contributed by atoms with van der Waals surface area (Å²) in [6.45, 7) is 4.02. The number of hydrogen-bond acceptors (Lipinski definition) is 1. The number of halogens is 1. The Morgan fingerprint density at radius 2 is 2.20 bits per heavy atom. The van der Waals surface area contributed by atoms with Crippen molar-refractivity contribution in [2.24, 2.45) is 0 Å². The van der Waals surface area contributed by atoms with Gasteiger partial charge in [0.05, 0.1) is 5.69 Å². The van der Waals surface area contributed by atoms with Crippen LogP contribution in [0, 0.1) is 19.9 Å². The van der Waals surface area contributed by atoms with Gasteiger partial charge in [-0.1, -0.05) is 6.07 Å². The van der Waals surface area contributed by atoms with Gasteiger partial charge in [0.25, 0.3) is 0 Å². The van der Waals surface area contributed by atoms with Crippen LogP contribution in [-0.2, 0) is 0 Å². The molecule has 0 saturated carbocycles. The van der Waals surface area contributed by atoms with Gasteiger partial charge in [0.2, 0.25) is 0 Å². The van der Waals surface area contributed by atoms with Crippen LogP contribution in [0.3, 0.4) is 0 Å². The highest BCUT2D eigenvalue weighted by Crippen LogP contribution is 2.17. The molecular formula is C8H9ClN. The summed E-state index contributed by atoms with van der Waals surface area (Å²) in [4.78, 5) is 2.59. The number of aryl methyl sites for hydroxylation is 1. The molecule has 10 heavy (non-hydrogen) atoms. The van der Waals surface area contributed by atoms with E-state index in [0.717, 1.165) is 16.8 Å². The molecule has 53 valence electrons. The number of benzene rings is 1. The Balaban J connectivity index is 3.14. The van der Waals surface area contributed by atoms with Gasteiger partial charge in [0.15, 0.2) is 0 Å². The van der Waals surface area contributed by atoms with Gasteiger partial charge in [0.1, 0.15) is 0 Å². The number of anilines is 1. The largest absolute Gasteiger partial charge is 0.298 e. The smallest absolute Gasteiger partial charge is 0.0523 e. The Morgan fingerprint density at radius 3 is 2.70 bits per heavy atom. The van der Waals surface area contributed by atoms with Crippen LogP contribution in [0.1, 0.15) is 11.1 Å². The lowest BCUT2D eigenvalue weighted by Crippen LogP contribution is -1.87. The van der Waals surface area contributed by atoms with Crippen molar-refractivity contribution in [3.05, 3.63) is 29.3 Å². The average Bonchev–Trinajstić information content (AvgIpc) is 1.95. The summed E-state index contributed by atoms with van der Waals surface area (Å²) in [5, 5.41) is 0. The summed E-state index contributed by atoms with van der Waals surface area (Å²) in [5.41, 5.74) is 3.24. The molecule has 0 fully saturated rings. The van der Waals surface area contributed by atoms with Crippen molar-refractivity contribution in [3.63, 3.8) is 0 Å². The van der Waals surface area contributed by atoms with Gasteiger partial charge in [-0.05, 0) is 37.1 Å². The highest BCUT2D eigenvalue weighted by Gasteiger charge is 1.96. The summed E-state index contributed by atoms with van der Waals surface area (Å²) in [6, 6.07) is 6.83. The Kier molecular flexibility index (Phi) is 2.17. The van der Waals surface area contributed by atoms with E-state index in [4.69, 9.17) is 11.8 Å². The molecule has 0 aromatic heterocycles. The van der Waals surface area contributed by atoms with Crippen molar-refractivity contribution in [1.29, 1.82) is 0 Å². The van der Waals surface area contributed by atoms with Crippen LogP contribution in [0.5, 0.6) is 0 Å². The summed E-state index contributed by atoms with van der Waals surface area (Å²) in [6.07, 6.45) is 0. The van der Waals surface area contributed by atoms with E-state index in [-0.39, 0.29) is 0 Å². The highest BCUT2D eigenvalue weighted by atomic mass is 35.5. The molecule has 1 rings (SSSR count). The van der Waals surface area contributed by atoms with Crippen LogP contribution in [-0.4, -0.2) is 0 Å². The highest BCUT2D eigenvalue weighted by molar-refractivity contribution is 6.24. The molecule has 0 bridgehead atoms. The Hall–Kier alpha value is -0.690. The van der Waals surface area contributed by atoms with E-state index in [1.165, 1.54) is 0 Å². The van der Waals surface area contributed by atoms with Crippen molar-refractivity contribution < 1.29 is 0 Å². The van der Waals surface area contributed by atoms with Crippen LogP contribution < -0.4 is 4.84 Å². The van der Waals surface area contributed by atoms with Crippen molar-refractivity contribution in [2.45, 2.75) is 13.8 Å². The summed E-state index contributed by atoms with van der Waals surface area (Å²) in [5.74, 6) is 0. The van der Waals surface area contributed by atoms with Crippen molar-refractivity contribution in [1.82, 2.24) is 0 Å². The molecular weight excluding hydrogens is 146 g/mol. The molecule has 1 aromatic carbocycles. The van der Waals surface area contributed by atoms with E-state index < -0.39 is 0 Å². The molecule has 0 saturated heterocycles. The van der Waals surface area contributed by atoms with Crippen molar-refractivity contribution >= 4 is 17.5 Å². The Labute approximate surface area is 66.1 Å². The molecule has 0 aliphatic carbocycles. The first-order valence-corrected chi connectivity index (χ1v) is 3.48. The van der Waals surface area contributed by atoms with Gasteiger partial charge in [-0.2, -0.15) is 0 Å². The first-order chi connectivity index (χ1) is 4.75. The zero-order valence-electron chi connectivity index (χ0n) is 6.03. The van der Waals surface area contributed by atoms with Crippen molar-refractivity contribution in [3.8, 4) is 0 Å². The topological polar surface area (TPSA) is 12.0 Å². The fourth-order valence-electron chi connectivity index (χ4n) is 0.788. The van der Waals surface area contributed by atoms with E-state index in [1.807, 2.05) is 26.0 Å². The van der Waals surface area contributed by atoms with Gasteiger partial charge in [0, 0.05) is 11.8 Å². The molecule has 1 radical (unpaired) electrons. The van der Waals surface area contributed by atoms with Crippen LogP contribution >= 0.6 is 11.8 Å². The molecule has 0 spiro atoms. The van der Waals surface area contributed by atoms with Crippen LogP contribution in [0.4, 0.5) is 5.69 Å². The van der Waals surface area contributed by atoms with E-state index in [0.29, 0.717) is 0 Å². The minimum absolute atomic E-state index is 0.956. The first-order valence-electron chi connectivity index (χ1n) is 3.10. The van der Waals surface area contributed by atoms with Gasteiger partial charge in [-0.15, -0.1) is 0 Å². The third-order valence-electron chi connectivity index (χ3n) is 1.62. The lowest BCUT2D eigenvalue weighted by molar-refractivity contribution is 1.34. The SMILES string of the molecule is Cc1[c]ccc(NCl)c1C. The van der Waals surface area contributed by atoms with Gasteiger partial charge in [-0.3, -0.25) is 4.84 Å². The van der Waals surface area contributed by atoms with Crippen LogP contribution in [0.15, 0.2) is 12.1 Å². The molecule has 1 nitrogen and oxygen atoms in total. The Morgan fingerprint density at radius 1 is 1.50 bits per heavy atom. The zero-order chi connectivity index (χ0) is 7.56. The predicted octanol–water partition coefficient (Wildman–Crippen LogP) is 2.67. The second-order valence-corrected chi connectivity index (χ2v) is 2.42. The number of nitrogens with one attached hydrogen (secondary N) is 1. The second kappa shape index (κ2) is 2.93. The molecule has 0 amide bonds. The quantitative estimate of drug-likeness (QED) is 0.614.